The third-order valence-corrected chi connectivity index (χ3v) is 4.80. The SMILES string of the molecule is CCC(CC)C(CN)N(C)CC1CCCN1CC. The minimum atomic E-state index is 0.555. The van der Waals surface area contributed by atoms with Crippen LogP contribution in [0, 0.1) is 5.92 Å². The second-order valence-corrected chi connectivity index (χ2v) is 5.74. The summed E-state index contributed by atoms with van der Waals surface area (Å²) in [5.41, 5.74) is 6.01. The molecule has 2 N–H and O–H groups in total. The number of hydrogen-bond donors (Lipinski definition) is 1. The Labute approximate surface area is 114 Å². The Hall–Kier alpha value is -0.120. The Morgan fingerprint density at radius 3 is 2.44 bits per heavy atom. The monoisotopic (exact) mass is 255 g/mol. The number of likely N-dealkylation sites (N-methyl/N-ethyl adjacent to an activating group) is 2. The van der Waals surface area contributed by atoms with Crippen molar-refractivity contribution in [2.24, 2.45) is 11.7 Å². The maximum absolute atomic E-state index is 6.01. The quantitative estimate of drug-likeness (QED) is 0.721. The summed E-state index contributed by atoms with van der Waals surface area (Å²) in [6, 6.07) is 1.31. The van der Waals surface area contributed by atoms with Crippen molar-refractivity contribution >= 4 is 0 Å². The summed E-state index contributed by atoms with van der Waals surface area (Å²) in [4.78, 5) is 5.15. The minimum absolute atomic E-state index is 0.555. The molecule has 3 heteroatoms. The Morgan fingerprint density at radius 2 is 1.94 bits per heavy atom. The van der Waals surface area contributed by atoms with Crippen molar-refractivity contribution in [1.82, 2.24) is 9.80 Å². The molecule has 0 amide bonds. The van der Waals surface area contributed by atoms with E-state index in [0.29, 0.717) is 6.04 Å². The van der Waals surface area contributed by atoms with Crippen LogP contribution in [0.2, 0.25) is 0 Å². The molecule has 0 aromatic rings. The average Bonchev–Trinajstić information content (AvgIpc) is 2.82. The summed E-state index contributed by atoms with van der Waals surface area (Å²) >= 11 is 0. The molecule has 1 rings (SSSR count). The van der Waals surface area contributed by atoms with Crippen LogP contribution in [0.25, 0.3) is 0 Å². The van der Waals surface area contributed by atoms with Crippen LogP contribution in [-0.4, -0.2) is 55.1 Å². The number of nitrogens with two attached hydrogens (primary N) is 1. The van der Waals surface area contributed by atoms with Gasteiger partial charge in [0.2, 0.25) is 0 Å². The third-order valence-electron chi connectivity index (χ3n) is 4.80. The molecule has 18 heavy (non-hydrogen) atoms. The van der Waals surface area contributed by atoms with Crippen LogP contribution in [0.5, 0.6) is 0 Å². The summed E-state index contributed by atoms with van der Waals surface area (Å²) in [7, 11) is 2.27. The molecule has 1 fully saturated rings. The Bertz CT molecular complexity index is 216. The highest BCUT2D eigenvalue weighted by molar-refractivity contribution is 4.85. The maximum atomic E-state index is 6.01. The van der Waals surface area contributed by atoms with Crippen LogP contribution >= 0.6 is 0 Å². The van der Waals surface area contributed by atoms with E-state index in [1.165, 1.54) is 45.3 Å². The zero-order chi connectivity index (χ0) is 13.5. The molecule has 0 aromatic heterocycles. The van der Waals surface area contributed by atoms with Crippen molar-refractivity contribution in [2.75, 3.05) is 33.2 Å². The molecule has 2 atom stereocenters. The molecule has 0 bridgehead atoms. The van der Waals surface area contributed by atoms with Crippen LogP contribution in [0.3, 0.4) is 0 Å². The molecule has 0 spiro atoms. The number of rotatable bonds is 8. The van der Waals surface area contributed by atoms with Gasteiger partial charge in [0, 0.05) is 25.2 Å². The standard InChI is InChI=1S/C15H33N3/c1-5-13(6-2)15(11-16)17(4)12-14-9-8-10-18(14)7-3/h13-15H,5-12,16H2,1-4H3. The highest BCUT2D eigenvalue weighted by Gasteiger charge is 2.28. The lowest BCUT2D eigenvalue weighted by Gasteiger charge is -2.36. The molecule has 1 aliphatic rings. The fraction of sp³-hybridized carbons (Fsp3) is 1.00. The van der Waals surface area contributed by atoms with Crippen LogP contribution in [0.1, 0.15) is 46.5 Å². The van der Waals surface area contributed by atoms with Gasteiger partial charge in [0.1, 0.15) is 0 Å². The predicted molar refractivity (Wildman–Crippen MR) is 79.8 cm³/mol. The second-order valence-electron chi connectivity index (χ2n) is 5.74. The molecule has 1 heterocycles. The summed E-state index contributed by atoms with van der Waals surface area (Å²) in [5, 5.41) is 0. The van der Waals surface area contributed by atoms with Gasteiger partial charge in [0.15, 0.2) is 0 Å². The lowest BCUT2D eigenvalue weighted by atomic mass is 9.93. The van der Waals surface area contributed by atoms with Gasteiger partial charge in [-0.15, -0.1) is 0 Å². The van der Waals surface area contributed by atoms with E-state index in [-0.39, 0.29) is 0 Å². The van der Waals surface area contributed by atoms with Crippen molar-refractivity contribution in [2.45, 2.75) is 58.5 Å². The molecular weight excluding hydrogens is 222 g/mol. The van der Waals surface area contributed by atoms with Gasteiger partial charge in [0.05, 0.1) is 0 Å². The maximum Gasteiger partial charge on any atom is 0.0244 e. The molecule has 3 nitrogen and oxygen atoms in total. The average molecular weight is 255 g/mol. The Kier molecular flexibility index (Phi) is 7.20. The van der Waals surface area contributed by atoms with E-state index in [0.717, 1.165) is 18.5 Å². The largest absolute Gasteiger partial charge is 0.329 e. The lowest BCUT2D eigenvalue weighted by molar-refractivity contribution is 0.127. The molecule has 0 saturated carbocycles. The smallest absolute Gasteiger partial charge is 0.0244 e. The summed E-state index contributed by atoms with van der Waals surface area (Å²) in [5.74, 6) is 0.747. The van der Waals surface area contributed by atoms with Crippen LogP contribution in [0.4, 0.5) is 0 Å². The van der Waals surface area contributed by atoms with Gasteiger partial charge >= 0.3 is 0 Å². The van der Waals surface area contributed by atoms with Gasteiger partial charge in [-0.1, -0.05) is 33.6 Å². The van der Waals surface area contributed by atoms with Crippen molar-refractivity contribution in [3.05, 3.63) is 0 Å². The first-order valence-corrected chi connectivity index (χ1v) is 7.82. The van der Waals surface area contributed by atoms with E-state index in [4.69, 9.17) is 5.73 Å². The molecule has 0 radical (unpaired) electrons. The Morgan fingerprint density at radius 1 is 1.28 bits per heavy atom. The van der Waals surface area contributed by atoms with E-state index >= 15 is 0 Å². The molecular formula is C15H33N3. The van der Waals surface area contributed by atoms with Crippen LogP contribution in [-0.2, 0) is 0 Å². The van der Waals surface area contributed by atoms with Gasteiger partial charge in [-0.05, 0) is 38.9 Å². The van der Waals surface area contributed by atoms with Crippen molar-refractivity contribution < 1.29 is 0 Å². The van der Waals surface area contributed by atoms with E-state index in [2.05, 4.69) is 37.6 Å². The van der Waals surface area contributed by atoms with E-state index < -0.39 is 0 Å². The van der Waals surface area contributed by atoms with Crippen molar-refractivity contribution in [3.63, 3.8) is 0 Å². The first kappa shape index (κ1) is 15.9. The van der Waals surface area contributed by atoms with Gasteiger partial charge in [-0.25, -0.2) is 0 Å². The van der Waals surface area contributed by atoms with Gasteiger partial charge in [-0.2, -0.15) is 0 Å². The molecule has 0 aromatic carbocycles. The lowest BCUT2D eigenvalue weighted by Crippen LogP contribution is -2.48. The summed E-state index contributed by atoms with van der Waals surface area (Å²) in [6.45, 7) is 11.3. The van der Waals surface area contributed by atoms with Crippen molar-refractivity contribution in [3.8, 4) is 0 Å². The Balaban J connectivity index is 2.53. The summed E-state index contributed by atoms with van der Waals surface area (Å²) in [6.07, 6.45) is 5.21. The number of likely N-dealkylation sites (tertiary alicyclic amines) is 1. The topological polar surface area (TPSA) is 32.5 Å². The van der Waals surface area contributed by atoms with Gasteiger partial charge in [-0.3, -0.25) is 4.90 Å². The highest BCUT2D eigenvalue weighted by Crippen LogP contribution is 2.21. The zero-order valence-electron chi connectivity index (χ0n) is 12.9. The van der Waals surface area contributed by atoms with Crippen molar-refractivity contribution in [1.29, 1.82) is 0 Å². The first-order valence-electron chi connectivity index (χ1n) is 7.82. The minimum Gasteiger partial charge on any atom is -0.329 e. The highest BCUT2D eigenvalue weighted by atomic mass is 15.2. The van der Waals surface area contributed by atoms with Crippen LogP contribution < -0.4 is 5.73 Å². The second kappa shape index (κ2) is 8.13. The molecule has 0 aliphatic carbocycles. The molecule has 1 saturated heterocycles. The molecule has 108 valence electrons. The summed E-state index contributed by atoms with van der Waals surface area (Å²) < 4.78 is 0. The predicted octanol–water partition coefficient (Wildman–Crippen LogP) is 2.17. The van der Waals surface area contributed by atoms with E-state index in [1.54, 1.807) is 0 Å². The van der Waals surface area contributed by atoms with Gasteiger partial charge in [0.25, 0.3) is 0 Å². The molecule has 1 aliphatic heterocycles. The van der Waals surface area contributed by atoms with Gasteiger partial charge < -0.3 is 10.6 Å². The van der Waals surface area contributed by atoms with E-state index in [9.17, 15) is 0 Å². The normalized spacial score (nSPS) is 23.2. The third kappa shape index (κ3) is 3.94. The first-order chi connectivity index (χ1) is 8.67. The zero-order valence-corrected chi connectivity index (χ0v) is 12.9. The fourth-order valence-electron chi connectivity index (χ4n) is 3.55. The fourth-order valence-corrected chi connectivity index (χ4v) is 3.55. The number of nitrogens with zero attached hydrogens (tertiary/aromatic N) is 2. The molecule has 2 unspecified atom stereocenters. The van der Waals surface area contributed by atoms with Crippen LogP contribution in [0.15, 0.2) is 0 Å². The van der Waals surface area contributed by atoms with E-state index in [1.807, 2.05) is 0 Å². The number of hydrogen-bond acceptors (Lipinski definition) is 3.